The molecule has 0 aromatic rings. The number of carboxylic acids is 1. The van der Waals surface area contributed by atoms with Crippen LogP contribution in [0.15, 0.2) is 0 Å². The number of nitrogens with zero attached hydrogens (tertiary/aromatic N) is 2. The largest absolute Gasteiger partial charge is 0.490 e. The molecule has 0 bridgehead atoms. The second kappa shape index (κ2) is 8.72. The highest BCUT2D eigenvalue weighted by Gasteiger charge is 2.52. The van der Waals surface area contributed by atoms with Crippen LogP contribution in [0.2, 0.25) is 0 Å². The van der Waals surface area contributed by atoms with Crippen molar-refractivity contribution in [1.82, 2.24) is 9.80 Å². The van der Waals surface area contributed by atoms with E-state index in [-0.39, 0.29) is 29.8 Å². The van der Waals surface area contributed by atoms with E-state index in [4.69, 9.17) is 19.4 Å². The van der Waals surface area contributed by atoms with Crippen molar-refractivity contribution in [2.24, 2.45) is 0 Å². The number of carboxylic acid groups (broad SMARTS) is 1. The maximum Gasteiger partial charge on any atom is 0.490 e. The summed E-state index contributed by atoms with van der Waals surface area (Å²) >= 11 is 0. The van der Waals surface area contributed by atoms with E-state index < -0.39 is 12.1 Å². The van der Waals surface area contributed by atoms with E-state index >= 15 is 0 Å². The lowest BCUT2D eigenvalue weighted by atomic mass is 9.88. The molecule has 2 aliphatic rings. The van der Waals surface area contributed by atoms with Gasteiger partial charge in [0.15, 0.2) is 0 Å². The van der Waals surface area contributed by atoms with Crippen molar-refractivity contribution in [2.75, 3.05) is 46.4 Å². The zero-order valence-electron chi connectivity index (χ0n) is 15.9. The molecule has 0 aliphatic carbocycles. The van der Waals surface area contributed by atoms with Gasteiger partial charge in [-0.05, 0) is 20.8 Å². The van der Waals surface area contributed by atoms with Gasteiger partial charge in [-0.3, -0.25) is 9.69 Å². The van der Waals surface area contributed by atoms with Crippen molar-refractivity contribution < 1.29 is 42.4 Å². The molecule has 2 rings (SSSR count). The van der Waals surface area contributed by atoms with Crippen LogP contribution in [-0.4, -0.2) is 102 Å². The number of hydrogen-bond donors (Lipinski definition) is 2. The molecule has 0 radical (unpaired) electrons. The number of alkyl halides is 3. The van der Waals surface area contributed by atoms with E-state index in [1.165, 1.54) is 7.11 Å². The van der Waals surface area contributed by atoms with E-state index in [9.17, 15) is 23.1 Å². The number of amides is 1. The first-order chi connectivity index (χ1) is 12.2. The lowest BCUT2D eigenvalue weighted by Crippen LogP contribution is -2.74. The summed E-state index contributed by atoms with van der Waals surface area (Å²) in [4.78, 5) is 25.0. The summed E-state index contributed by atoms with van der Waals surface area (Å²) < 4.78 is 42.9. The first-order valence-electron chi connectivity index (χ1n) is 8.37. The highest BCUT2D eigenvalue weighted by molar-refractivity contribution is 5.77. The van der Waals surface area contributed by atoms with Crippen molar-refractivity contribution in [3.8, 4) is 0 Å². The Morgan fingerprint density at radius 1 is 1.22 bits per heavy atom. The number of aliphatic carboxylic acids is 1. The second-order valence-corrected chi connectivity index (χ2v) is 7.55. The maximum atomic E-state index is 12.1. The van der Waals surface area contributed by atoms with Crippen LogP contribution in [0.1, 0.15) is 20.8 Å². The molecular weight excluding hydrogens is 373 g/mol. The van der Waals surface area contributed by atoms with Gasteiger partial charge in [0, 0.05) is 33.3 Å². The molecule has 0 saturated carbocycles. The topological polar surface area (TPSA) is 99.5 Å². The van der Waals surface area contributed by atoms with E-state index in [0.717, 1.165) is 13.1 Å². The number of aliphatic hydroxyl groups is 1. The van der Waals surface area contributed by atoms with Gasteiger partial charge in [0.05, 0.1) is 18.2 Å². The molecule has 2 N–H and O–H groups in total. The van der Waals surface area contributed by atoms with Crippen molar-refractivity contribution in [3.63, 3.8) is 0 Å². The second-order valence-electron chi connectivity index (χ2n) is 7.55. The van der Waals surface area contributed by atoms with Crippen molar-refractivity contribution >= 4 is 11.9 Å². The maximum absolute atomic E-state index is 12.1. The smallest absolute Gasteiger partial charge is 0.475 e. The van der Waals surface area contributed by atoms with Gasteiger partial charge in [0.1, 0.15) is 12.2 Å². The summed E-state index contributed by atoms with van der Waals surface area (Å²) in [6.07, 6.45) is -5.42. The summed E-state index contributed by atoms with van der Waals surface area (Å²) in [5.74, 6) is -2.75. The van der Waals surface area contributed by atoms with E-state index in [2.05, 4.69) is 4.90 Å². The van der Waals surface area contributed by atoms with Crippen LogP contribution in [0.25, 0.3) is 0 Å². The molecule has 11 heteroatoms. The number of hydrogen-bond acceptors (Lipinski definition) is 6. The minimum absolute atomic E-state index is 0.0113. The van der Waals surface area contributed by atoms with Crippen LogP contribution in [-0.2, 0) is 19.1 Å². The number of carbonyl (C=O) groups is 2. The first-order valence-corrected chi connectivity index (χ1v) is 8.37. The number of likely N-dealkylation sites (tertiary alicyclic amines) is 1. The lowest BCUT2D eigenvalue weighted by Gasteiger charge is -2.58. The molecule has 158 valence electrons. The molecule has 2 heterocycles. The lowest BCUT2D eigenvalue weighted by molar-refractivity contribution is -0.248. The number of β-amino-alcohol motifs (C(OH)–C–C–N with tert-alkyl or cyclic N) is 1. The normalized spacial score (nSPS) is 22.4. The Labute approximate surface area is 155 Å². The molecule has 1 unspecified atom stereocenters. The number of methoxy groups -OCH3 is 1. The first kappa shape index (κ1) is 23.6. The van der Waals surface area contributed by atoms with Crippen molar-refractivity contribution in [2.45, 2.75) is 44.3 Å². The molecule has 27 heavy (non-hydrogen) atoms. The zero-order valence-corrected chi connectivity index (χ0v) is 15.9. The summed E-state index contributed by atoms with van der Waals surface area (Å²) in [6, 6.07) is 0. The summed E-state index contributed by atoms with van der Waals surface area (Å²) in [5, 5.41) is 16.5. The number of morpholine rings is 1. The minimum Gasteiger partial charge on any atom is -0.475 e. The quantitative estimate of drug-likeness (QED) is 0.702. The van der Waals surface area contributed by atoms with Crippen LogP contribution >= 0.6 is 0 Å². The van der Waals surface area contributed by atoms with E-state index in [1.54, 1.807) is 6.92 Å². The van der Waals surface area contributed by atoms with Crippen LogP contribution in [0.5, 0.6) is 0 Å². The standard InChI is InChI=1S/C14H26N2O4.C2HF3O2/c1-11(17)5-15-8-14(9-15)10-16(12(18)6-19-4)7-13(2,3)20-14;3-2(4,5)1(6)7/h11,17H,5-10H2,1-4H3;(H,6,7). The fourth-order valence-corrected chi connectivity index (χ4v) is 3.34. The Morgan fingerprint density at radius 3 is 2.15 bits per heavy atom. The average Bonchev–Trinajstić information content (AvgIpc) is 2.43. The molecule has 1 spiro atoms. The molecule has 2 saturated heterocycles. The van der Waals surface area contributed by atoms with Crippen LogP contribution < -0.4 is 0 Å². The Hall–Kier alpha value is -1.43. The van der Waals surface area contributed by atoms with Crippen LogP contribution in [0.4, 0.5) is 13.2 Å². The predicted octanol–water partition coefficient (Wildman–Crippen LogP) is 0.339. The summed E-state index contributed by atoms with van der Waals surface area (Å²) in [5.41, 5.74) is -0.640. The van der Waals surface area contributed by atoms with Crippen LogP contribution in [0.3, 0.4) is 0 Å². The molecule has 1 atom stereocenters. The third-order valence-corrected chi connectivity index (χ3v) is 3.95. The van der Waals surface area contributed by atoms with Crippen molar-refractivity contribution in [3.05, 3.63) is 0 Å². The average molecular weight is 400 g/mol. The molecule has 8 nitrogen and oxygen atoms in total. The molecule has 1 amide bonds. The molecular formula is C16H27F3N2O6. The molecule has 0 aromatic carbocycles. The monoisotopic (exact) mass is 400 g/mol. The highest BCUT2D eigenvalue weighted by Crippen LogP contribution is 2.35. The Balaban J connectivity index is 0.000000445. The molecule has 0 aromatic heterocycles. The number of ether oxygens (including phenoxy) is 2. The van der Waals surface area contributed by atoms with Crippen LogP contribution in [0, 0.1) is 0 Å². The molecule has 2 aliphatic heterocycles. The number of rotatable bonds is 4. The third kappa shape index (κ3) is 7.24. The van der Waals surface area contributed by atoms with Gasteiger partial charge >= 0.3 is 12.1 Å². The zero-order chi connectivity index (χ0) is 21.0. The molecule has 2 fully saturated rings. The van der Waals surface area contributed by atoms with Gasteiger partial charge in [-0.2, -0.15) is 13.2 Å². The SMILES string of the molecule is COCC(=O)N1CC(C)(C)OC2(CN(CC(C)O)C2)C1.O=C(O)C(F)(F)F. The summed E-state index contributed by atoms with van der Waals surface area (Å²) in [7, 11) is 1.53. The highest BCUT2D eigenvalue weighted by atomic mass is 19.4. The van der Waals surface area contributed by atoms with Gasteiger partial charge in [-0.25, -0.2) is 4.79 Å². The number of aliphatic hydroxyl groups excluding tert-OH is 1. The van der Waals surface area contributed by atoms with Gasteiger partial charge in [0.2, 0.25) is 5.91 Å². The predicted molar refractivity (Wildman–Crippen MR) is 88.2 cm³/mol. The van der Waals surface area contributed by atoms with Gasteiger partial charge in [-0.1, -0.05) is 0 Å². The fraction of sp³-hybridized carbons (Fsp3) is 0.875. The Kier molecular flexibility index (Phi) is 7.62. The van der Waals surface area contributed by atoms with Gasteiger partial charge < -0.3 is 24.6 Å². The Bertz CT molecular complexity index is 533. The summed E-state index contributed by atoms with van der Waals surface area (Å²) in [6.45, 7) is 9.29. The number of carbonyl (C=O) groups excluding carboxylic acids is 1. The Morgan fingerprint density at radius 2 is 1.74 bits per heavy atom. The third-order valence-electron chi connectivity index (χ3n) is 3.95. The van der Waals surface area contributed by atoms with Crippen molar-refractivity contribution in [1.29, 1.82) is 0 Å². The van der Waals surface area contributed by atoms with E-state index in [1.807, 2.05) is 18.7 Å². The van der Waals surface area contributed by atoms with Gasteiger partial charge in [-0.15, -0.1) is 0 Å². The number of halogens is 3. The fourth-order valence-electron chi connectivity index (χ4n) is 3.34. The van der Waals surface area contributed by atoms with Gasteiger partial charge in [0.25, 0.3) is 0 Å². The minimum atomic E-state index is -5.08. The van der Waals surface area contributed by atoms with E-state index in [0.29, 0.717) is 19.6 Å².